The predicted octanol–water partition coefficient (Wildman–Crippen LogP) is 6.63. The Bertz CT molecular complexity index is 1370. The maximum absolute atomic E-state index is 13.1. The zero-order valence-electron chi connectivity index (χ0n) is 22.0. The van der Waals surface area contributed by atoms with Gasteiger partial charge in [-0.2, -0.15) is 0 Å². The SMILES string of the molecule is Cc1cc(C)cc(S(=O)(=O)N[C@@H](c2ccccc2)[C@@H](N)c2ccccc2)c1.Cc1ccc(C)c(C)c1.[Ru]. The van der Waals surface area contributed by atoms with Gasteiger partial charge in [-0.15, -0.1) is 0 Å². The Labute approximate surface area is 235 Å². The van der Waals surface area contributed by atoms with E-state index in [1.807, 2.05) is 80.6 Å². The summed E-state index contributed by atoms with van der Waals surface area (Å²) in [7, 11) is -3.74. The molecule has 0 fully saturated rings. The molecule has 0 radical (unpaired) electrons. The Hall–Kier alpha value is -2.63. The summed E-state index contributed by atoms with van der Waals surface area (Å²) < 4.78 is 29.0. The van der Waals surface area contributed by atoms with Crippen LogP contribution in [0, 0.1) is 34.6 Å². The molecule has 0 spiro atoms. The van der Waals surface area contributed by atoms with Gasteiger partial charge in [-0.25, -0.2) is 13.1 Å². The molecule has 37 heavy (non-hydrogen) atoms. The molecule has 4 nitrogen and oxygen atoms in total. The Morgan fingerprint density at radius 2 is 1.14 bits per heavy atom. The van der Waals surface area contributed by atoms with Gasteiger partial charge in [0.25, 0.3) is 0 Å². The number of hydrogen-bond donors (Lipinski definition) is 2. The fourth-order valence-electron chi connectivity index (χ4n) is 4.09. The number of sulfonamides is 1. The van der Waals surface area contributed by atoms with Crippen LogP contribution in [0.25, 0.3) is 0 Å². The quantitative estimate of drug-likeness (QED) is 0.244. The summed E-state index contributed by atoms with van der Waals surface area (Å²) in [5.41, 5.74) is 14.1. The molecule has 0 aliphatic rings. The van der Waals surface area contributed by atoms with Crippen molar-refractivity contribution in [3.63, 3.8) is 0 Å². The minimum Gasteiger partial charge on any atom is -0.322 e. The summed E-state index contributed by atoms with van der Waals surface area (Å²) in [4.78, 5) is 0.251. The molecule has 4 rings (SSSR count). The monoisotopic (exact) mass is 602 g/mol. The molecule has 0 aliphatic heterocycles. The van der Waals surface area contributed by atoms with E-state index in [1.165, 1.54) is 16.7 Å². The van der Waals surface area contributed by atoms with E-state index in [2.05, 4.69) is 43.7 Å². The summed E-state index contributed by atoms with van der Waals surface area (Å²) in [5.74, 6) is 0. The summed E-state index contributed by atoms with van der Waals surface area (Å²) in [5, 5.41) is 0. The molecule has 6 heteroatoms. The third kappa shape index (κ3) is 8.72. The summed E-state index contributed by atoms with van der Waals surface area (Å²) in [6.45, 7) is 10.2. The molecule has 0 amide bonds. The number of hydrogen-bond acceptors (Lipinski definition) is 3. The third-order valence-electron chi connectivity index (χ3n) is 6.15. The van der Waals surface area contributed by atoms with E-state index in [9.17, 15) is 8.42 Å². The summed E-state index contributed by atoms with van der Waals surface area (Å²) in [6, 6.07) is 29.6. The van der Waals surface area contributed by atoms with E-state index in [0.29, 0.717) is 0 Å². The van der Waals surface area contributed by atoms with Crippen molar-refractivity contribution in [3.05, 3.63) is 136 Å². The molecule has 0 aromatic heterocycles. The van der Waals surface area contributed by atoms with Gasteiger partial charge in [0.05, 0.1) is 17.0 Å². The van der Waals surface area contributed by atoms with Gasteiger partial charge in [0.1, 0.15) is 0 Å². The van der Waals surface area contributed by atoms with Crippen molar-refractivity contribution in [2.75, 3.05) is 0 Å². The van der Waals surface area contributed by atoms with Crippen molar-refractivity contribution in [2.45, 2.75) is 51.6 Å². The van der Waals surface area contributed by atoms with Crippen molar-refractivity contribution < 1.29 is 27.9 Å². The van der Waals surface area contributed by atoms with Gasteiger partial charge in [0.15, 0.2) is 0 Å². The van der Waals surface area contributed by atoms with Crippen LogP contribution >= 0.6 is 0 Å². The summed E-state index contributed by atoms with van der Waals surface area (Å²) >= 11 is 0. The predicted molar refractivity (Wildman–Crippen MR) is 149 cm³/mol. The van der Waals surface area contributed by atoms with Gasteiger partial charge >= 0.3 is 0 Å². The van der Waals surface area contributed by atoms with Gasteiger partial charge in [-0.05, 0) is 80.1 Å². The van der Waals surface area contributed by atoms with E-state index in [1.54, 1.807) is 12.1 Å². The Morgan fingerprint density at radius 1 is 0.622 bits per heavy atom. The van der Waals surface area contributed by atoms with Crippen LogP contribution in [0.4, 0.5) is 0 Å². The topological polar surface area (TPSA) is 72.2 Å². The van der Waals surface area contributed by atoms with Crippen molar-refractivity contribution in [2.24, 2.45) is 5.73 Å². The second kappa shape index (κ2) is 13.8. The van der Waals surface area contributed by atoms with E-state index in [-0.39, 0.29) is 24.4 Å². The number of nitrogens with two attached hydrogens (primary N) is 1. The number of nitrogens with one attached hydrogen (secondary N) is 1. The Kier molecular flexibility index (Phi) is 11.4. The zero-order chi connectivity index (χ0) is 26.3. The first-order valence-electron chi connectivity index (χ1n) is 12.1. The van der Waals surface area contributed by atoms with E-state index < -0.39 is 22.1 Å². The smallest absolute Gasteiger partial charge is 0.241 e. The van der Waals surface area contributed by atoms with E-state index in [4.69, 9.17) is 5.73 Å². The van der Waals surface area contributed by atoms with Crippen LogP contribution in [0.15, 0.2) is 102 Å². The molecular weight excluding hydrogens is 565 g/mol. The zero-order valence-corrected chi connectivity index (χ0v) is 24.6. The number of benzene rings is 4. The minimum atomic E-state index is -3.74. The second-order valence-corrected chi connectivity index (χ2v) is 11.1. The molecular formula is C31H36N2O2RuS. The Balaban J connectivity index is 0.000000408. The largest absolute Gasteiger partial charge is 0.322 e. The van der Waals surface area contributed by atoms with Crippen LogP contribution in [0.2, 0.25) is 0 Å². The number of rotatable bonds is 6. The van der Waals surface area contributed by atoms with Gasteiger partial charge < -0.3 is 5.73 Å². The van der Waals surface area contributed by atoms with Crippen LogP contribution in [-0.4, -0.2) is 8.42 Å². The van der Waals surface area contributed by atoms with E-state index >= 15 is 0 Å². The van der Waals surface area contributed by atoms with Gasteiger partial charge in [-0.3, -0.25) is 0 Å². The van der Waals surface area contributed by atoms with Crippen molar-refractivity contribution >= 4 is 10.0 Å². The fourth-order valence-corrected chi connectivity index (χ4v) is 5.53. The first kappa shape index (κ1) is 30.6. The third-order valence-corrected chi connectivity index (χ3v) is 7.57. The fraction of sp³-hybridized carbons (Fsp3) is 0.226. The van der Waals surface area contributed by atoms with Crippen molar-refractivity contribution in [1.29, 1.82) is 0 Å². The normalized spacial score (nSPS) is 12.5. The van der Waals surface area contributed by atoms with Crippen LogP contribution in [0.3, 0.4) is 0 Å². The molecule has 196 valence electrons. The van der Waals surface area contributed by atoms with Gasteiger partial charge in [0, 0.05) is 19.5 Å². The maximum Gasteiger partial charge on any atom is 0.241 e. The molecule has 4 aromatic rings. The number of aryl methyl sites for hydroxylation is 5. The molecule has 0 unspecified atom stereocenters. The molecule has 0 saturated carbocycles. The standard InChI is InChI=1S/C22H24N2O2S.C9H12.Ru/c1-16-13-17(2)15-20(14-16)27(25,26)24-22(19-11-7-4-8-12-19)21(23)18-9-5-3-6-10-18;1-7-4-5-8(2)9(3)6-7;/h3-15,21-22,24H,23H2,1-2H3;4-6H,1-3H3;/t21-,22-;;/m0../s1. The molecule has 3 N–H and O–H groups in total. The van der Waals surface area contributed by atoms with Crippen LogP contribution in [0.1, 0.15) is 51.0 Å². The minimum absolute atomic E-state index is 0. The van der Waals surface area contributed by atoms with Crippen LogP contribution in [-0.2, 0) is 29.5 Å². The van der Waals surface area contributed by atoms with Gasteiger partial charge in [-0.1, -0.05) is 90.5 Å². The molecule has 0 saturated heterocycles. The Morgan fingerprint density at radius 3 is 1.62 bits per heavy atom. The molecule has 0 heterocycles. The average Bonchev–Trinajstić information content (AvgIpc) is 2.85. The van der Waals surface area contributed by atoms with Crippen molar-refractivity contribution in [1.82, 2.24) is 4.72 Å². The van der Waals surface area contributed by atoms with Crippen LogP contribution in [0.5, 0.6) is 0 Å². The van der Waals surface area contributed by atoms with Gasteiger partial charge in [0.2, 0.25) is 10.0 Å². The molecule has 2 atom stereocenters. The molecule has 0 bridgehead atoms. The molecule has 4 aromatic carbocycles. The maximum atomic E-state index is 13.1. The van der Waals surface area contributed by atoms with Crippen LogP contribution < -0.4 is 10.5 Å². The first-order valence-corrected chi connectivity index (χ1v) is 13.5. The van der Waals surface area contributed by atoms with E-state index in [0.717, 1.165) is 22.3 Å². The molecule has 0 aliphatic carbocycles. The first-order chi connectivity index (χ1) is 17.1. The van der Waals surface area contributed by atoms with Crippen molar-refractivity contribution in [3.8, 4) is 0 Å². The summed E-state index contributed by atoms with van der Waals surface area (Å²) in [6.07, 6.45) is 0. The average molecular weight is 602 g/mol. The second-order valence-electron chi connectivity index (χ2n) is 9.36.